The van der Waals surface area contributed by atoms with Gasteiger partial charge in [0.1, 0.15) is 11.9 Å². The van der Waals surface area contributed by atoms with E-state index < -0.39 is 18.0 Å². The number of rotatable bonds is 6. The molecule has 11 heteroatoms. The number of hydrogen-bond acceptors (Lipinski definition) is 6. The first-order chi connectivity index (χ1) is 14.3. The number of aromatic nitrogens is 1. The molecule has 1 unspecified atom stereocenters. The SMILES string of the molecule is CC(=O)NCC1CN(c2ccc(-c3ccc(C=NNC(N)=S)nc3)c(F)c2)C(=O)O1. The molecule has 2 heterocycles. The minimum atomic E-state index is -0.589. The van der Waals surface area contributed by atoms with Gasteiger partial charge in [-0.15, -0.1) is 0 Å². The third-order valence-corrected chi connectivity index (χ3v) is 4.28. The molecule has 0 aliphatic carbocycles. The molecular formula is C19H19FN6O3S. The van der Waals surface area contributed by atoms with Crippen LogP contribution in [0.4, 0.5) is 14.9 Å². The van der Waals surface area contributed by atoms with E-state index in [0.717, 1.165) is 0 Å². The number of carbonyl (C=O) groups is 2. The van der Waals surface area contributed by atoms with Crippen molar-refractivity contribution < 1.29 is 18.7 Å². The predicted octanol–water partition coefficient (Wildman–Crippen LogP) is 1.52. The van der Waals surface area contributed by atoms with Crippen molar-refractivity contribution in [2.75, 3.05) is 18.0 Å². The molecule has 156 valence electrons. The molecule has 2 amide bonds. The molecule has 0 radical (unpaired) electrons. The van der Waals surface area contributed by atoms with Gasteiger partial charge < -0.3 is 15.8 Å². The lowest BCUT2D eigenvalue weighted by atomic mass is 10.1. The number of amides is 2. The van der Waals surface area contributed by atoms with Gasteiger partial charge in [-0.2, -0.15) is 5.10 Å². The van der Waals surface area contributed by atoms with Crippen molar-refractivity contribution in [3.05, 3.63) is 48.0 Å². The van der Waals surface area contributed by atoms with E-state index in [9.17, 15) is 14.0 Å². The summed E-state index contributed by atoms with van der Waals surface area (Å²) in [7, 11) is 0. The Morgan fingerprint density at radius 3 is 2.90 bits per heavy atom. The largest absolute Gasteiger partial charge is 0.442 e. The molecule has 1 aliphatic rings. The van der Waals surface area contributed by atoms with Crippen molar-refractivity contribution in [2.45, 2.75) is 13.0 Å². The summed E-state index contributed by atoms with van der Waals surface area (Å²) in [5.74, 6) is -0.728. The van der Waals surface area contributed by atoms with E-state index in [-0.39, 0.29) is 24.1 Å². The zero-order valence-electron chi connectivity index (χ0n) is 16.0. The average molecular weight is 430 g/mol. The van der Waals surface area contributed by atoms with Gasteiger partial charge in [0.25, 0.3) is 0 Å². The zero-order valence-corrected chi connectivity index (χ0v) is 16.8. The molecule has 3 rings (SSSR count). The number of benzene rings is 1. The van der Waals surface area contributed by atoms with Crippen molar-refractivity contribution in [3.63, 3.8) is 0 Å². The van der Waals surface area contributed by atoms with E-state index in [1.165, 1.54) is 30.3 Å². The molecule has 30 heavy (non-hydrogen) atoms. The van der Waals surface area contributed by atoms with Gasteiger partial charge in [-0.1, -0.05) is 6.07 Å². The van der Waals surface area contributed by atoms with Crippen LogP contribution in [0.1, 0.15) is 12.6 Å². The molecule has 0 spiro atoms. The normalized spacial score (nSPS) is 15.9. The second kappa shape index (κ2) is 9.27. The van der Waals surface area contributed by atoms with E-state index in [0.29, 0.717) is 22.5 Å². The standard InChI is InChI=1S/C19H19FN6O3S/c1-11(27)22-9-15-10-26(19(28)29-15)14-4-5-16(17(20)6-14)12-2-3-13(23-7-12)8-24-25-18(21)30/h2-8,15H,9-10H2,1H3,(H,22,27)(H3,21,25,30). The van der Waals surface area contributed by atoms with Crippen LogP contribution in [-0.2, 0) is 9.53 Å². The van der Waals surface area contributed by atoms with Crippen molar-refractivity contribution in [3.8, 4) is 11.1 Å². The summed E-state index contributed by atoms with van der Waals surface area (Å²) in [6, 6.07) is 7.82. The summed E-state index contributed by atoms with van der Waals surface area (Å²) in [5.41, 5.74) is 9.48. The lowest BCUT2D eigenvalue weighted by Crippen LogP contribution is -2.33. The van der Waals surface area contributed by atoms with Crippen LogP contribution in [-0.4, -0.2) is 47.5 Å². The number of thiocarbonyl (C=S) groups is 1. The molecule has 1 fully saturated rings. The summed E-state index contributed by atoms with van der Waals surface area (Å²) in [5, 5.41) is 6.43. The van der Waals surface area contributed by atoms with Crippen molar-refractivity contribution >= 4 is 41.2 Å². The minimum absolute atomic E-state index is 0.0355. The molecule has 1 aromatic heterocycles. The number of ether oxygens (including phenoxy) is 1. The number of anilines is 1. The minimum Gasteiger partial charge on any atom is -0.442 e. The molecular weight excluding hydrogens is 411 g/mol. The lowest BCUT2D eigenvalue weighted by Gasteiger charge is -2.14. The van der Waals surface area contributed by atoms with Crippen LogP contribution in [0.2, 0.25) is 0 Å². The fourth-order valence-corrected chi connectivity index (χ4v) is 2.86. The van der Waals surface area contributed by atoms with Crippen molar-refractivity contribution in [1.29, 1.82) is 0 Å². The summed E-state index contributed by atoms with van der Waals surface area (Å²) in [6.07, 6.45) is 1.85. The zero-order chi connectivity index (χ0) is 21.7. The van der Waals surface area contributed by atoms with Crippen LogP contribution in [0.5, 0.6) is 0 Å². The number of nitrogens with two attached hydrogens (primary N) is 1. The van der Waals surface area contributed by atoms with E-state index in [2.05, 4.69) is 33.0 Å². The van der Waals surface area contributed by atoms with E-state index in [4.69, 9.17) is 10.5 Å². The van der Waals surface area contributed by atoms with Crippen LogP contribution < -0.4 is 21.4 Å². The number of pyridine rings is 1. The van der Waals surface area contributed by atoms with Gasteiger partial charge in [-0.05, 0) is 36.5 Å². The van der Waals surface area contributed by atoms with Crippen LogP contribution in [0.15, 0.2) is 41.6 Å². The first-order valence-corrected chi connectivity index (χ1v) is 9.31. The van der Waals surface area contributed by atoms with E-state index >= 15 is 0 Å². The average Bonchev–Trinajstić information content (AvgIpc) is 3.07. The Kier molecular flexibility index (Phi) is 6.52. The summed E-state index contributed by atoms with van der Waals surface area (Å²) in [4.78, 5) is 28.6. The second-order valence-corrected chi connectivity index (χ2v) is 6.86. The quantitative estimate of drug-likeness (QED) is 0.361. The molecule has 4 N–H and O–H groups in total. The summed E-state index contributed by atoms with van der Waals surface area (Å²) < 4.78 is 19.9. The molecule has 1 aromatic carbocycles. The Labute approximate surface area is 177 Å². The summed E-state index contributed by atoms with van der Waals surface area (Å²) in [6.45, 7) is 1.79. The van der Waals surface area contributed by atoms with Crippen LogP contribution >= 0.6 is 12.2 Å². The smallest absolute Gasteiger partial charge is 0.414 e. The fraction of sp³-hybridized carbons (Fsp3) is 0.211. The van der Waals surface area contributed by atoms with Gasteiger partial charge in [0, 0.05) is 24.2 Å². The molecule has 1 aliphatic heterocycles. The third kappa shape index (κ3) is 5.26. The fourth-order valence-electron chi connectivity index (χ4n) is 2.81. The topological polar surface area (TPSA) is 122 Å². The Bertz CT molecular complexity index is 998. The van der Waals surface area contributed by atoms with Crippen LogP contribution in [0.3, 0.4) is 0 Å². The Morgan fingerprint density at radius 1 is 1.47 bits per heavy atom. The van der Waals surface area contributed by atoms with Gasteiger partial charge in [-0.25, -0.2) is 9.18 Å². The van der Waals surface area contributed by atoms with Gasteiger partial charge in [0.05, 0.1) is 30.7 Å². The number of carbonyl (C=O) groups excluding carboxylic acids is 2. The maximum absolute atomic E-state index is 14.7. The molecule has 2 aromatic rings. The first kappa shape index (κ1) is 21.1. The molecule has 9 nitrogen and oxygen atoms in total. The predicted molar refractivity (Wildman–Crippen MR) is 113 cm³/mol. The number of hydrazone groups is 1. The number of nitrogens with zero attached hydrogens (tertiary/aromatic N) is 3. The van der Waals surface area contributed by atoms with Gasteiger partial charge in [-0.3, -0.25) is 20.1 Å². The maximum Gasteiger partial charge on any atom is 0.414 e. The highest BCUT2D eigenvalue weighted by Gasteiger charge is 2.32. The monoisotopic (exact) mass is 430 g/mol. The highest BCUT2D eigenvalue weighted by Crippen LogP contribution is 2.28. The summed E-state index contributed by atoms with van der Waals surface area (Å²) >= 11 is 4.64. The second-order valence-electron chi connectivity index (χ2n) is 6.42. The van der Waals surface area contributed by atoms with Crippen molar-refractivity contribution in [1.82, 2.24) is 15.7 Å². The van der Waals surface area contributed by atoms with Gasteiger partial charge in [0.15, 0.2) is 5.11 Å². The van der Waals surface area contributed by atoms with Crippen LogP contribution in [0, 0.1) is 5.82 Å². The highest BCUT2D eigenvalue weighted by atomic mass is 32.1. The number of nitrogens with one attached hydrogen (secondary N) is 2. The number of hydrogen-bond donors (Lipinski definition) is 3. The Balaban J connectivity index is 1.71. The highest BCUT2D eigenvalue weighted by molar-refractivity contribution is 7.80. The molecule has 1 saturated heterocycles. The number of halogens is 1. The molecule has 0 bridgehead atoms. The van der Waals surface area contributed by atoms with Gasteiger partial charge in [0.2, 0.25) is 5.91 Å². The first-order valence-electron chi connectivity index (χ1n) is 8.90. The molecule has 1 atom stereocenters. The maximum atomic E-state index is 14.7. The number of cyclic esters (lactones) is 1. The third-order valence-electron chi connectivity index (χ3n) is 4.19. The van der Waals surface area contributed by atoms with Crippen molar-refractivity contribution in [2.24, 2.45) is 10.8 Å². The molecule has 0 saturated carbocycles. The van der Waals surface area contributed by atoms with Gasteiger partial charge >= 0.3 is 6.09 Å². The van der Waals surface area contributed by atoms with E-state index in [1.807, 2.05) is 0 Å². The van der Waals surface area contributed by atoms with Crippen LogP contribution in [0.25, 0.3) is 11.1 Å². The van der Waals surface area contributed by atoms with E-state index in [1.54, 1.807) is 24.3 Å². The lowest BCUT2D eigenvalue weighted by molar-refractivity contribution is -0.119. The Hall–Kier alpha value is -3.60. The Morgan fingerprint density at radius 2 is 2.27 bits per heavy atom.